The molecule has 0 aliphatic carbocycles. The Hall–Kier alpha value is -2.00. The van der Waals surface area contributed by atoms with Crippen LogP contribution in [0, 0.1) is 0 Å². The van der Waals surface area contributed by atoms with Gasteiger partial charge in [-0.15, -0.1) is 0 Å². The first-order valence-corrected chi connectivity index (χ1v) is 10.8. The minimum absolute atomic E-state index is 0.0271. The summed E-state index contributed by atoms with van der Waals surface area (Å²) in [6.45, 7) is 6.48. The molecule has 0 saturated carbocycles. The van der Waals surface area contributed by atoms with Crippen LogP contribution >= 0.6 is 0 Å². The van der Waals surface area contributed by atoms with E-state index in [0.29, 0.717) is 45.4 Å². The molecule has 1 aliphatic rings. The van der Waals surface area contributed by atoms with Crippen molar-refractivity contribution in [1.82, 2.24) is 19.1 Å². The van der Waals surface area contributed by atoms with Crippen molar-refractivity contribution >= 4 is 21.8 Å². The van der Waals surface area contributed by atoms with E-state index in [1.807, 2.05) is 13.8 Å². The van der Waals surface area contributed by atoms with Crippen molar-refractivity contribution < 1.29 is 18.0 Å². The number of hydrogen-bond acceptors (Lipinski definition) is 5. The highest BCUT2D eigenvalue weighted by atomic mass is 32.2. The number of nitrogens with zero attached hydrogens (tertiary/aromatic N) is 4. The van der Waals surface area contributed by atoms with Crippen LogP contribution in [0.1, 0.15) is 33.1 Å². The summed E-state index contributed by atoms with van der Waals surface area (Å²) in [4.78, 5) is 31.8. The normalized spacial score (nSPS) is 15.6. The average molecular weight is 397 g/mol. The van der Waals surface area contributed by atoms with Crippen molar-refractivity contribution in [1.29, 1.82) is 0 Å². The van der Waals surface area contributed by atoms with Crippen LogP contribution in [0.15, 0.2) is 29.4 Å². The van der Waals surface area contributed by atoms with Crippen LogP contribution in [0.3, 0.4) is 0 Å². The topological polar surface area (TPSA) is 90.9 Å². The molecule has 2 rings (SSSR count). The molecule has 1 aliphatic heterocycles. The molecule has 1 fully saturated rings. The highest BCUT2D eigenvalue weighted by Gasteiger charge is 2.30. The second-order valence-corrected chi connectivity index (χ2v) is 8.33. The van der Waals surface area contributed by atoms with Gasteiger partial charge in [0.1, 0.15) is 4.90 Å². The number of sulfonamides is 1. The van der Waals surface area contributed by atoms with Crippen molar-refractivity contribution in [2.24, 2.45) is 0 Å². The number of carbonyl (C=O) groups is 2. The van der Waals surface area contributed by atoms with E-state index in [-0.39, 0.29) is 29.8 Å². The van der Waals surface area contributed by atoms with Gasteiger partial charge in [-0.25, -0.2) is 8.42 Å². The van der Waals surface area contributed by atoms with Crippen molar-refractivity contribution in [2.75, 3.05) is 39.3 Å². The van der Waals surface area contributed by atoms with Gasteiger partial charge in [0.25, 0.3) is 0 Å². The fourth-order valence-corrected chi connectivity index (χ4v) is 4.50. The third-order valence-electron chi connectivity index (χ3n) is 4.76. The van der Waals surface area contributed by atoms with Gasteiger partial charge in [0, 0.05) is 64.5 Å². The molecule has 0 N–H and O–H groups in total. The quantitative estimate of drug-likeness (QED) is 0.653. The summed E-state index contributed by atoms with van der Waals surface area (Å²) in [6.07, 6.45) is 4.05. The molecular weight excluding hydrogens is 368 g/mol. The largest absolute Gasteiger partial charge is 0.343 e. The lowest BCUT2D eigenvalue weighted by Crippen LogP contribution is -2.50. The number of hydrogen-bond donors (Lipinski definition) is 0. The average Bonchev–Trinajstić information content (AvgIpc) is 2.69. The molecule has 0 bridgehead atoms. The van der Waals surface area contributed by atoms with Crippen LogP contribution in [-0.2, 0) is 19.6 Å². The summed E-state index contributed by atoms with van der Waals surface area (Å²) in [5.74, 6) is 0.0426. The second kappa shape index (κ2) is 9.80. The Morgan fingerprint density at radius 1 is 1.11 bits per heavy atom. The van der Waals surface area contributed by atoms with Crippen LogP contribution < -0.4 is 0 Å². The predicted molar refractivity (Wildman–Crippen MR) is 101 cm³/mol. The number of rotatable bonds is 8. The van der Waals surface area contributed by atoms with E-state index in [1.54, 1.807) is 15.9 Å². The Kier molecular flexibility index (Phi) is 7.73. The van der Waals surface area contributed by atoms with Gasteiger partial charge in [-0.3, -0.25) is 14.6 Å². The zero-order chi connectivity index (χ0) is 19.9. The summed E-state index contributed by atoms with van der Waals surface area (Å²) in [5.41, 5.74) is 0. The Morgan fingerprint density at radius 3 is 2.33 bits per heavy atom. The van der Waals surface area contributed by atoms with Crippen LogP contribution in [0.2, 0.25) is 0 Å². The van der Waals surface area contributed by atoms with Gasteiger partial charge in [0.2, 0.25) is 21.8 Å². The zero-order valence-electron chi connectivity index (χ0n) is 16.0. The Labute approximate surface area is 161 Å². The molecule has 1 saturated heterocycles. The number of carbonyl (C=O) groups excluding carboxylic acids is 2. The summed E-state index contributed by atoms with van der Waals surface area (Å²) >= 11 is 0. The van der Waals surface area contributed by atoms with Gasteiger partial charge >= 0.3 is 0 Å². The van der Waals surface area contributed by atoms with Crippen molar-refractivity contribution in [2.45, 2.75) is 38.0 Å². The fraction of sp³-hybridized carbons (Fsp3) is 0.611. The van der Waals surface area contributed by atoms with Gasteiger partial charge in [0.05, 0.1) is 0 Å². The van der Waals surface area contributed by atoms with E-state index in [9.17, 15) is 18.0 Å². The second-order valence-electron chi connectivity index (χ2n) is 6.39. The molecular formula is C18H28N4O4S. The molecule has 8 nitrogen and oxygen atoms in total. The lowest BCUT2D eigenvalue weighted by molar-refractivity contribution is -0.133. The standard InChI is InChI=1S/C18H28N4O4S/c1-3-20(4-2)17(23)8-5-9-18(24)21-11-13-22(14-12-21)27(25,26)16-7-6-10-19-15-16/h6-7,10,15H,3-5,8-9,11-14H2,1-2H3. The number of amides is 2. The van der Waals surface area contributed by atoms with Crippen LogP contribution in [0.5, 0.6) is 0 Å². The summed E-state index contributed by atoms with van der Waals surface area (Å²) in [5, 5.41) is 0. The molecule has 27 heavy (non-hydrogen) atoms. The van der Waals surface area contributed by atoms with Crippen LogP contribution in [-0.4, -0.2) is 78.6 Å². The molecule has 0 aromatic carbocycles. The Morgan fingerprint density at radius 2 is 1.78 bits per heavy atom. The first kappa shape index (κ1) is 21.3. The predicted octanol–water partition coefficient (Wildman–Crippen LogP) is 0.953. The van der Waals surface area contributed by atoms with Gasteiger partial charge in [-0.1, -0.05) is 0 Å². The lowest BCUT2D eigenvalue weighted by atomic mass is 10.2. The molecule has 150 valence electrons. The molecule has 9 heteroatoms. The fourth-order valence-electron chi connectivity index (χ4n) is 3.11. The van der Waals surface area contributed by atoms with Gasteiger partial charge in [-0.2, -0.15) is 4.31 Å². The first-order valence-electron chi connectivity index (χ1n) is 9.35. The summed E-state index contributed by atoms with van der Waals surface area (Å²) in [7, 11) is -3.57. The summed E-state index contributed by atoms with van der Waals surface area (Å²) in [6, 6.07) is 3.11. The molecule has 2 amide bonds. The zero-order valence-corrected chi connectivity index (χ0v) is 16.8. The minimum Gasteiger partial charge on any atom is -0.343 e. The van der Waals surface area contributed by atoms with E-state index in [0.717, 1.165) is 0 Å². The van der Waals surface area contributed by atoms with Gasteiger partial charge < -0.3 is 9.80 Å². The van der Waals surface area contributed by atoms with Crippen molar-refractivity contribution in [3.63, 3.8) is 0 Å². The highest BCUT2D eigenvalue weighted by Crippen LogP contribution is 2.17. The monoisotopic (exact) mass is 396 g/mol. The molecule has 1 aromatic heterocycles. The minimum atomic E-state index is -3.57. The maximum absolute atomic E-state index is 12.6. The SMILES string of the molecule is CCN(CC)C(=O)CCCC(=O)N1CCN(S(=O)(=O)c2cccnc2)CC1. The van der Waals surface area contributed by atoms with Gasteiger partial charge in [0.15, 0.2) is 0 Å². The maximum atomic E-state index is 12.6. The number of aromatic nitrogens is 1. The smallest absolute Gasteiger partial charge is 0.244 e. The van der Waals surface area contributed by atoms with Crippen LogP contribution in [0.4, 0.5) is 0 Å². The maximum Gasteiger partial charge on any atom is 0.244 e. The number of pyridine rings is 1. The van der Waals surface area contributed by atoms with Crippen LogP contribution in [0.25, 0.3) is 0 Å². The molecule has 0 unspecified atom stereocenters. The van der Waals surface area contributed by atoms with E-state index >= 15 is 0 Å². The van der Waals surface area contributed by atoms with Crippen molar-refractivity contribution in [3.8, 4) is 0 Å². The Balaban J connectivity index is 1.80. The first-order chi connectivity index (χ1) is 12.9. The molecule has 0 atom stereocenters. The van der Waals surface area contributed by atoms with E-state index in [2.05, 4.69) is 4.98 Å². The van der Waals surface area contributed by atoms with E-state index in [1.165, 1.54) is 22.8 Å². The third-order valence-corrected chi connectivity index (χ3v) is 6.64. The molecule has 0 spiro atoms. The van der Waals surface area contributed by atoms with E-state index in [4.69, 9.17) is 0 Å². The molecule has 2 heterocycles. The van der Waals surface area contributed by atoms with E-state index < -0.39 is 10.0 Å². The lowest BCUT2D eigenvalue weighted by Gasteiger charge is -2.34. The van der Waals surface area contributed by atoms with Crippen molar-refractivity contribution in [3.05, 3.63) is 24.5 Å². The highest BCUT2D eigenvalue weighted by molar-refractivity contribution is 7.89. The van der Waals surface area contributed by atoms with Gasteiger partial charge in [-0.05, 0) is 32.4 Å². The number of piperazine rings is 1. The Bertz CT molecular complexity index is 727. The molecule has 1 aromatic rings. The summed E-state index contributed by atoms with van der Waals surface area (Å²) < 4.78 is 26.5. The third kappa shape index (κ3) is 5.49. The molecule has 0 radical (unpaired) electrons.